The van der Waals surface area contributed by atoms with Crippen molar-refractivity contribution in [1.29, 1.82) is 0 Å². The normalized spacial score (nSPS) is 29.5. The zero-order valence-electron chi connectivity index (χ0n) is 12.4. The molecule has 0 radical (unpaired) electrons. The zero-order valence-corrected chi connectivity index (χ0v) is 14.0. The highest BCUT2D eigenvalue weighted by molar-refractivity contribution is 9.09. The molecular weight excluding hydrogens is 306 g/mol. The number of hydrogen-bond acceptors (Lipinski definition) is 2. The average Bonchev–Trinajstić information content (AvgIpc) is 2.85. The van der Waals surface area contributed by atoms with Crippen LogP contribution in [0.5, 0.6) is 0 Å². The summed E-state index contributed by atoms with van der Waals surface area (Å²) < 4.78 is 5.99. The molecule has 0 aromatic rings. The summed E-state index contributed by atoms with van der Waals surface area (Å²) in [6, 6.07) is 0. The fourth-order valence-corrected chi connectivity index (χ4v) is 3.97. The lowest BCUT2D eigenvalue weighted by Crippen LogP contribution is -2.57. The lowest BCUT2D eigenvalue weighted by Gasteiger charge is -2.45. The maximum atomic E-state index is 13.0. The molecule has 0 aromatic carbocycles. The van der Waals surface area contributed by atoms with Gasteiger partial charge in [0.25, 0.3) is 0 Å². The zero-order chi connectivity index (χ0) is 14.1. The lowest BCUT2D eigenvalue weighted by molar-refractivity contribution is -0.166. The summed E-state index contributed by atoms with van der Waals surface area (Å²) in [5.74, 6) is 0.370. The molecule has 1 saturated heterocycles. The van der Waals surface area contributed by atoms with Crippen molar-refractivity contribution < 1.29 is 9.53 Å². The third kappa shape index (κ3) is 3.15. The molecule has 1 heterocycles. The smallest absolute Gasteiger partial charge is 0.228 e. The predicted octanol–water partition coefficient (Wildman–Crippen LogP) is 3.36. The van der Waals surface area contributed by atoms with Gasteiger partial charge < -0.3 is 9.64 Å². The van der Waals surface area contributed by atoms with E-state index in [4.69, 9.17) is 4.74 Å². The van der Waals surface area contributed by atoms with E-state index < -0.39 is 0 Å². The molecule has 110 valence electrons. The molecule has 4 heteroatoms. The minimum atomic E-state index is -0.236. The molecule has 1 aliphatic heterocycles. The van der Waals surface area contributed by atoms with Gasteiger partial charge in [0.15, 0.2) is 0 Å². The van der Waals surface area contributed by atoms with Gasteiger partial charge in [0.05, 0.1) is 11.7 Å². The average molecular weight is 332 g/mol. The first kappa shape index (κ1) is 15.3. The van der Waals surface area contributed by atoms with E-state index in [2.05, 4.69) is 41.6 Å². The van der Waals surface area contributed by atoms with Gasteiger partial charge in [0, 0.05) is 23.8 Å². The summed E-state index contributed by atoms with van der Waals surface area (Å²) in [5, 5.41) is 0.791. The monoisotopic (exact) mass is 331 g/mol. The number of morpholine rings is 1. The number of amides is 1. The van der Waals surface area contributed by atoms with Crippen LogP contribution in [0.15, 0.2) is 0 Å². The van der Waals surface area contributed by atoms with Gasteiger partial charge in [-0.2, -0.15) is 0 Å². The standard InChI is InChI=1S/C15H26BrNO2/c1-4-15(7-5-6-8-15)13(18)17-10-12(9-16)19-14(2,3)11-17/h12H,4-11H2,1-3H3. The summed E-state index contributed by atoms with van der Waals surface area (Å²) in [7, 11) is 0. The Balaban J connectivity index is 2.13. The molecule has 0 spiro atoms. The van der Waals surface area contributed by atoms with Crippen LogP contribution in [0, 0.1) is 5.41 Å². The molecule has 3 nitrogen and oxygen atoms in total. The van der Waals surface area contributed by atoms with Gasteiger partial charge in [-0.05, 0) is 33.1 Å². The van der Waals surface area contributed by atoms with Crippen LogP contribution in [0.2, 0.25) is 0 Å². The van der Waals surface area contributed by atoms with Crippen LogP contribution in [0.25, 0.3) is 0 Å². The van der Waals surface area contributed by atoms with Gasteiger partial charge in [-0.3, -0.25) is 4.79 Å². The Hall–Kier alpha value is -0.0900. The second kappa shape index (κ2) is 5.72. The third-order valence-corrected chi connectivity index (χ3v) is 5.35. The Bertz CT molecular complexity index is 337. The van der Waals surface area contributed by atoms with E-state index in [1.807, 2.05) is 0 Å². The van der Waals surface area contributed by atoms with Crippen LogP contribution in [0.3, 0.4) is 0 Å². The summed E-state index contributed by atoms with van der Waals surface area (Å²) >= 11 is 3.49. The topological polar surface area (TPSA) is 29.5 Å². The van der Waals surface area contributed by atoms with Crippen LogP contribution in [-0.4, -0.2) is 40.9 Å². The predicted molar refractivity (Wildman–Crippen MR) is 80.5 cm³/mol. The highest BCUT2D eigenvalue weighted by Gasteiger charge is 2.45. The largest absolute Gasteiger partial charge is 0.368 e. The Kier molecular flexibility index (Phi) is 4.61. The van der Waals surface area contributed by atoms with Gasteiger partial charge in [0.2, 0.25) is 5.91 Å². The first-order valence-electron chi connectivity index (χ1n) is 7.46. The number of rotatable bonds is 3. The highest BCUT2D eigenvalue weighted by atomic mass is 79.9. The molecule has 19 heavy (non-hydrogen) atoms. The number of ether oxygens (including phenoxy) is 1. The fraction of sp³-hybridized carbons (Fsp3) is 0.933. The van der Waals surface area contributed by atoms with Crippen LogP contribution < -0.4 is 0 Å². The number of carbonyl (C=O) groups excluding carboxylic acids is 1. The number of halogens is 1. The second-order valence-corrected chi connectivity index (χ2v) is 7.33. The molecule has 1 saturated carbocycles. The van der Waals surface area contributed by atoms with Gasteiger partial charge in [-0.1, -0.05) is 35.7 Å². The van der Waals surface area contributed by atoms with Crippen LogP contribution in [-0.2, 0) is 9.53 Å². The van der Waals surface area contributed by atoms with Crippen molar-refractivity contribution in [3.63, 3.8) is 0 Å². The molecule has 1 amide bonds. The first-order valence-corrected chi connectivity index (χ1v) is 8.58. The van der Waals surface area contributed by atoms with E-state index in [1.54, 1.807) is 0 Å². The lowest BCUT2D eigenvalue weighted by atomic mass is 9.81. The summed E-state index contributed by atoms with van der Waals surface area (Å²) in [6.45, 7) is 7.77. The molecule has 0 bridgehead atoms. The molecule has 2 fully saturated rings. The minimum Gasteiger partial charge on any atom is -0.368 e. The maximum absolute atomic E-state index is 13.0. The SMILES string of the molecule is CCC1(C(=O)N2CC(CBr)OC(C)(C)C2)CCCC1. The fourth-order valence-electron chi connectivity index (χ4n) is 3.64. The van der Waals surface area contributed by atoms with Gasteiger partial charge in [0.1, 0.15) is 0 Å². The van der Waals surface area contributed by atoms with Gasteiger partial charge in [-0.15, -0.1) is 0 Å². The quantitative estimate of drug-likeness (QED) is 0.742. The van der Waals surface area contributed by atoms with Crippen molar-refractivity contribution >= 4 is 21.8 Å². The molecule has 0 aromatic heterocycles. The van der Waals surface area contributed by atoms with Crippen molar-refractivity contribution in [1.82, 2.24) is 4.90 Å². The van der Waals surface area contributed by atoms with Crippen LogP contribution >= 0.6 is 15.9 Å². The van der Waals surface area contributed by atoms with E-state index in [0.29, 0.717) is 5.91 Å². The summed E-state index contributed by atoms with van der Waals surface area (Å²) in [4.78, 5) is 15.0. The Labute approximate surface area is 125 Å². The first-order chi connectivity index (χ1) is 8.92. The van der Waals surface area contributed by atoms with Gasteiger partial charge in [-0.25, -0.2) is 0 Å². The van der Waals surface area contributed by atoms with Crippen molar-refractivity contribution in [3.8, 4) is 0 Å². The van der Waals surface area contributed by atoms with Crippen LogP contribution in [0.4, 0.5) is 0 Å². The molecule has 2 rings (SSSR count). The minimum absolute atomic E-state index is 0.0791. The second-order valence-electron chi connectivity index (χ2n) is 6.68. The molecule has 1 atom stereocenters. The highest BCUT2D eigenvalue weighted by Crippen LogP contribution is 2.43. The van der Waals surface area contributed by atoms with Crippen molar-refractivity contribution in [3.05, 3.63) is 0 Å². The number of alkyl halides is 1. The Morgan fingerprint density at radius 1 is 1.37 bits per heavy atom. The number of hydrogen-bond donors (Lipinski definition) is 0. The van der Waals surface area contributed by atoms with E-state index in [-0.39, 0.29) is 17.1 Å². The molecule has 1 aliphatic carbocycles. The third-order valence-electron chi connectivity index (χ3n) is 4.63. The van der Waals surface area contributed by atoms with Gasteiger partial charge >= 0.3 is 0 Å². The van der Waals surface area contributed by atoms with Crippen LogP contribution in [0.1, 0.15) is 52.9 Å². The maximum Gasteiger partial charge on any atom is 0.228 e. The number of carbonyl (C=O) groups is 1. The molecular formula is C15H26BrNO2. The summed E-state index contributed by atoms with van der Waals surface area (Å²) in [5.41, 5.74) is -0.315. The molecule has 2 aliphatic rings. The van der Waals surface area contributed by atoms with E-state index in [0.717, 1.165) is 37.7 Å². The Morgan fingerprint density at radius 3 is 2.53 bits per heavy atom. The van der Waals surface area contributed by atoms with E-state index >= 15 is 0 Å². The number of nitrogens with zero attached hydrogens (tertiary/aromatic N) is 1. The Morgan fingerprint density at radius 2 is 2.00 bits per heavy atom. The van der Waals surface area contributed by atoms with E-state index in [1.165, 1.54) is 12.8 Å². The van der Waals surface area contributed by atoms with E-state index in [9.17, 15) is 4.79 Å². The van der Waals surface area contributed by atoms with Crippen molar-refractivity contribution in [2.75, 3.05) is 18.4 Å². The summed E-state index contributed by atoms with van der Waals surface area (Å²) in [6.07, 6.45) is 5.63. The molecule has 0 N–H and O–H groups in total. The van der Waals surface area contributed by atoms with Crippen molar-refractivity contribution in [2.24, 2.45) is 5.41 Å². The molecule has 1 unspecified atom stereocenters. The van der Waals surface area contributed by atoms with Crippen molar-refractivity contribution in [2.45, 2.75) is 64.6 Å².